The first-order chi connectivity index (χ1) is 9.90. The zero-order valence-corrected chi connectivity index (χ0v) is 13.6. The molecule has 0 aliphatic rings. The van der Waals surface area contributed by atoms with Crippen LogP contribution in [0.1, 0.15) is 33.6 Å². The fourth-order valence-corrected chi connectivity index (χ4v) is 2.04. The predicted octanol–water partition coefficient (Wildman–Crippen LogP) is 3.56. The monoisotopic (exact) mass is 310 g/mol. The summed E-state index contributed by atoms with van der Waals surface area (Å²) in [5.41, 5.74) is 0.598. The van der Waals surface area contributed by atoms with Crippen LogP contribution in [0.4, 0.5) is 5.69 Å². The minimum absolute atomic E-state index is 0.00111. The molecule has 0 fully saturated rings. The fourth-order valence-electron chi connectivity index (χ4n) is 1.85. The summed E-state index contributed by atoms with van der Waals surface area (Å²) in [6.07, 6.45) is 1.20. The molecule has 4 nitrogen and oxygen atoms in total. The Balaban J connectivity index is 2.46. The van der Waals surface area contributed by atoms with Crippen LogP contribution in [0.3, 0.4) is 0 Å². The Morgan fingerprint density at radius 2 is 1.90 bits per heavy atom. The van der Waals surface area contributed by atoms with Gasteiger partial charge < -0.3 is 10.2 Å². The number of nitrogens with one attached hydrogen (secondary N) is 1. The lowest BCUT2D eigenvalue weighted by Gasteiger charge is -2.21. The first-order valence-electron chi connectivity index (χ1n) is 7.20. The number of carbonyl (C=O) groups excluding carboxylic acids is 2. The molecule has 0 aromatic heterocycles. The number of halogens is 1. The Labute approximate surface area is 131 Å². The lowest BCUT2D eigenvalue weighted by molar-refractivity contribution is -0.129. The molecule has 1 aromatic rings. The molecule has 0 radical (unpaired) electrons. The van der Waals surface area contributed by atoms with Crippen molar-refractivity contribution in [2.75, 3.05) is 18.4 Å². The average molecular weight is 311 g/mol. The van der Waals surface area contributed by atoms with Gasteiger partial charge in [-0.05, 0) is 24.5 Å². The molecule has 1 aromatic carbocycles. The number of para-hydroxylation sites is 1. The van der Waals surface area contributed by atoms with Crippen LogP contribution in [0, 0.1) is 5.92 Å². The highest BCUT2D eigenvalue weighted by atomic mass is 35.5. The van der Waals surface area contributed by atoms with Gasteiger partial charge in [-0.1, -0.05) is 37.6 Å². The van der Waals surface area contributed by atoms with E-state index in [9.17, 15) is 9.59 Å². The van der Waals surface area contributed by atoms with E-state index in [4.69, 9.17) is 11.6 Å². The topological polar surface area (TPSA) is 49.4 Å². The van der Waals surface area contributed by atoms with Crippen molar-refractivity contribution in [2.45, 2.75) is 33.6 Å². The molecule has 21 heavy (non-hydrogen) atoms. The summed E-state index contributed by atoms with van der Waals surface area (Å²) in [5, 5.41) is 3.27. The first-order valence-corrected chi connectivity index (χ1v) is 7.58. The Morgan fingerprint density at radius 3 is 2.48 bits per heavy atom. The summed E-state index contributed by atoms with van der Waals surface area (Å²) >= 11 is 5.99. The maximum absolute atomic E-state index is 11.9. The minimum atomic E-state index is -0.140. The third kappa shape index (κ3) is 6.63. The molecular formula is C16H23ClN2O2. The van der Waals surface area contributed by atoms with Gasteiger partial charge in [0.1, 0.15) is 0 Å². The fraction of sp³-hybridized carbons (Fsp3) is 0.500. The Morgan fingerprint density at radius 1 is 1.24 bits per heavy atom. The van der Waals surface area contributed by atoms with E-state index in [1.165, 1.54) is 6.92 Å². The molecule has 1 N–H and O–H groups in total. The van der Waals surface area contributed by atoms with Gasteiger partial charge in [-0.25, -0.2) is 0 Å². The number of nitrogens with zero attached hydrogens (tertiary/aromatic N) is 1. The third-order valence-corrected chi connectivity index (χ3v) is 3.51. The van der Waals surface area contributed by atoms with E-state index in [-0.39, 0.29) is 18.2 Å². The van der Waals surface area contributed by atoms with Crippen LogP contribution >= 0.6 is 11.6 Å². The van der Waals surface area contributed by atoms with Crippen molar-refractivity contribution in [1.29, 1.82) is 0 Å². The molecular weight excluding hydrogens is 288 g/mol. The number of benzene rings is 1. The average Bonchev–Trinajstić information content (AvgIpc) is 2.40. The lowest BCUT2D eigenvalue weighted by atomic mass is 10.1. The second-order valence-electron chi connectivity index (χ2n) is 5.47. The molecule has 0 saturated heterocycles. The molecule has 0 unspecified atom stereocenters. The second kappa shape index (κ2) is 8.67. The van der Waals surface area contributed by atoms with E-state index in [0.717, 1.165) is 6.42 Å². The predicted molar refractivity (Wildman–Crippen MR) is 86.4 cm³/mol. The van der Waals surface area contributed by atoms with Crippen LogP contribution in [-0.2, 0) is 9.59 Å². The quantitative estimate of drug-likeness (QED) is 0.837. The summed E-state index contributed by atoms with van der Waals surface area (Å²) in [6.45, 7) is 6.88. The van der Waals surface area contributed by atoms with Crippen molar-refractivity contribution in [3.63, 3.8) is 0 Å². The van der Waals surface area contributed by atoms with E-state index in [2.05, 4.69) is 19.2 Å². The third-order valence-electron chi connectivity index (χ3n) is 3.18. The van der Waals surface area contributed by atoms with Gasteiger partial charge in [0.2, 0.25) is 11.8 Å². The number of rotatable bonds is 7. The summed E-state index contributed by atoms with van der Waals surface area (Å²) < 4.78 is 0. The lowest BCUT2D eigenvalue weighted by Crippen LogP contribution is -2.33. The van der Waals surface area contributed by atoms with Crippen LogP contribution in [0.2, 0.25) is 5.02 Å². The zero-order chi connectivity index (χ0) is 15.8. The van der Waals surface area contributed by atoms with Crippen molar-refractivity contribution in [3.8, 4) is 0 Å². The Bertz CT molecular complexity index is 489. The SMILES string of the molecule is CC(=O)N(CCC(=O)Nc1ccccc1Cl)CCC(C)C. The van der Waals surface area contributed by atoms with Gasteiger partial charge in [-0.2, -0.15) is 0 Å². The van der Waals surface area contributed by atoms with E-state index >= 15 is 0 Å². The minimum Gasteiger partial charge on any atom is -0.342 e. The maximum atomic E-state index is 11.9. The van der Waals surface area contributed by atoms with Gasteiger partial charge in [0.05, 0.1) is 10.7 Å². The smallest absolute Gasteiger partial charge is 0.226 e. The zero-order valence-electron chi connectivity index (χ0n) is 12.9. The Kier molecular flexibility index (Phi) is 7.23. The van der Waals surface area contributed by atoms with Crippen LogP contribution < -0.4 is 5.32 Å². The number of amides is 2. The summed E-state index contributed by atoms with van der Waals surface area (Å²) in [4.78, 5) is 25.2. The molecule has 1 rings (SSSR count). The molecule has 0 spiro atoms. The van der Waals surface area contributed by atoms with Crippen LogP contribution in [0.15, 0.2) is 24.3 Å². The largest absolute Gasteiger partial charge is 0.342 e. The molecule has 2 amide bonds. The van der Waals surface area contributed by atoms with Gasteiger partial charge in [0, 0.05) is 26.4 Å². The normalized spacial score (nSPS) is 10.5. The maximum Gasteiger partial charge on any atom is 0.226 e. The second-order valence-corrected chi connectivity index (χ2v) is 5.87. The first kappa shape index (κ1) is 17.5. The molecule has 0 heterocycles. The van der Waals surface area contributed by atoms with Crippen molar-refractivity contribution in [2.24, 2.45) is 5.92 Å². The van der Waals surface area contributed by atoms with E-state index in [0.29, 0.717) is 29.7 Å². The molecule has 0 aliphatic heterocycles. The van der Waals surface area contributed by atoms with Crippen LogP contribution in [0.5, 0.6) is 0 Å². The van der Waals surface area contributed by atoms with E-state index in [1.54, 1.807) is 23.1 Å². The summed E-state index contributed by atoms with van der Waals surface area (Å²) in [6, 6.07) is 7.09. The van der Waals surface area contributed by atoms with Crippen molar-refractivity contribution in [3.05, 3.63) is 29.3 Å². The standard InChI is InChI=1S/C16H23ClN2O2/c1-12(2)8-10-19(13(3)20)11-9-16(21)18-15-7-5-4-6-14(15)17/h4-7,12H,8-11H2,1-3H3,(H,18,21). The van der Waals surface area contributed by atoms with Gasteiger partial charge >= 0.3 is 0 Å². The molecule has 0 atom stereocenters. The molecule has 0 aliphatic carbocycles. The van der Waals surface area contributed by atoms with Crippen molar-refractivity contribution < 1.29 is 9.59 Å². The molecule has 5 heteroatoms. The molecule has 0 saturated carbocycles. The highest BCUT2D eigenvalue weighted by Crippen LogP contribution is 2.20. The molecule has 0 bridgehead atoms. The van der Waals surface area contributed by atoms with Gasteiger partial charge in [0.15, 0.2) is 0 Å². The Hall–Kier alpha value is -1.55. The number of hydrogen-bond donors (Lipinski definition) is 1. The van der Waals surface area contributed by atoms with E-state index in [1.807, 2.05) is 6.07 Å². The van der Waals surface area contributed by atoms with Gasteiger partial charge in [-0.3, -0.25) is 9.59 Å². The highest BCUT2D eigenvalue weighted by Gasteiger charge is 2.12. The van der Waals surface area contributed by atoms with E-state index < -0.39 is 0 Å². The number of carbonyl (C=O) groups is 2. The van der Waals surface area contributed by atoms with Crippen LogP contribution in [-0.4, -0.2) is 29.8 Å². The van der Waals surface area contributed by atoms with Crippen molar-refractivity contribution >= 4 is 29.1 Å². The van der Waals surface area contributed by atoms with Crippen molar-refractivity contribution in [1.82, 2.24) is 4.90 Å². The summed E-state index contributed by atoms with van der Waals surface area (Å²) in [5.74, 6) is 0.392. The highest BCUT2D eigenvalue weighted by molar-refractivity contribution is 6.33. The van der Waals surface area contributed by atoms with Crippen LogP contribution in [0.25, 0.3) is 0 Å². The van der Waals surface area contributed by atoms with Gasteiger partial charge in [0.25, 0.3) is 0 Å². The number of anilines is 1. The molecule has 116 valence electrons. The summed E-state index contributed by atoms with van der Waals surface area (Å²) in [7, 11) is 0. The van der Waals surface area contributed by atoms with Gasteiger partial charge in [-0.15, -0.1) is 0 Å². The number of hydrogen-bond acceptors (Lipinski definition) is 2.